The predicted octanol–water partition coefficient (Wildman–Crippen LogP) is 1.89. The van der Waals surface area contributed by atoms with Crippen molar-refractivity contribution in [2.45, 2.75) is 32.7 Å². The molecule has 1 saturated heterocycles. The van der Waals surface area contributed by atoms with E-state index < -0.39 is 0 Å². The second kappa shape index (κ2) is 5.72. The van der Waals surface area contributed by atoms with Crippen LogP contribution in [0.4, 0.5) is 0 Å². The molecule has 100 valence electrons. The van der Waals surface area contributed by atoms with Crippen LogP contribution in [0.5, 0.6) is 5.75 Å². The van der Waals surface area contributed by atoms with Crippen LogP contribution in [0.1, 0.15) is 23.1 Å². The number of nitrogens with two attached hydrogens (primary N) is 1. The first-order valence-electron chi connectivity index (χ1n) is 6.73. The molecular weight excluding hydrogens is 224 g/mol. The summed E-state index contributed by atoms with van der Waals surface area (Å²) in [6, 6.07) is 4.65. The smallest absolute Gasteiger partial charge is 0.122 e. The number of rotatable bonds is 4. The Morgan fingerprint density at radius 2 is 2.11 bits per heavy atom. The monoisotopic (exact) mass is 248 g/mol. The van der Waals surface area contributed by atoms with Crippen LogP contribution in [0.25, 0.3) is 0 Å². The maximum Gasteiger partial charge on any atom is 0.122 e. The third kappa shape index (κ3) is 2.85. The van der Waals surface area contributed by atoms with Crippen LogP contribution in [0, 0.1) is 13.8 Å². The number of hydrogen-bond acceptors (Lipinski definition) is 3. The lowest BCUT2D eigenvalue weighted by Crippen LogP contribution is -2.28. The van der Waals surface area contributed by atoms with E-state index >= 15 is 0 Å². The Labute approximate surface area is 110 Å². The van der Waals surface area contributed by atoms with Crippen molar-refractivity contribution in [1.82, 2.24) is 4.90 Å². The molecule has 18 heavy (non-hydrogen) atoms. The van der Waals surface area contributed by atoms with Gasteiger partial charge in [0, 0.05) is 19.1 Å². The lowest BCUT2D eigenvalue weighted by atomic mass is 10.00. The Hall–Kier alpha value is -1.06. The summed E-state index contributed by atoms with van der Waals surface area (Å²) in [6.07, 6.45) is 2.24. The molecular formula is C15H24N2O. The van der Waals surface area contributed by atoms with E-state index in [2.05, 4.69) is 30.9 Å². The molecule has 1 heterocycles. The van der Waals surface area contributed by atoms with Crippen molar-refractivity contribution in [2.24, 2.45) is 5.73 Å². The molecule has 2 rings (SSSR count). The van der Waals surface area contributed by atoms with Gasteiger partial charge >= 0.3 is 0 Å². The fraction of sp³-hybridized carbons (Fsp3) is 0.600. The predicted molar refractivity (Wildman–Crippen MR) is 75.2 cm³/mol. The largest absolute Gasteiger partial charge is 0.496 e. The molecule has 2 N–H and O–H groups in total. The van der Waals surface area contributed by atoms with Gasteiger partial charge in [0.2, 0.25) is 0 Å². The molecule has 0 bridgehead atoms. The Kier molecular flexibility index (Phi) is 4.25. The van der Waals surface area contributed by atoms with Crippen LogP contribution in [-0.2, 0) is 6.42 Å². The van der Waals surface area contributed by atoms with E-state index in [1.165, 1.54) is 16.7 Å². The van der Waals surface area contributed by atoms with E-state index in [9.17, 15) is 0 Å². The van der Waals surface area contributed by atoms with Gasteiger partial charge in [-0.2, -0.15) is 0 Å². The highest BCUT2D eigenvalue weighted by molar-refractivity contribution is 5.43. The zero-order chi connectivity index (χ0) is 13.1. The lowest BCUT2D eigenvalue weighted by Gasteiger charge is -2.17. The van der Waals surface area contributed by atoms with Crippen molar-refractivity contribution in [3.63, 3.8) is 0 Å². The summed E-state index contributed by atoms with van der Waals surface area (Å²) in [6.45, 7) is 7.62. The molecule has 1 aliphatic rings. The Morgan fingerprint density at radius 1 is 1.33 bits per heavy atom. The summed E-state index contributed by atoms with van der Waals surface area (Å²) in [5.41, 5.74) is 9.97. The van der Waals surface area contributed by atoms with Crippen LogP contribution in [-0.4, -0.2) is 37.7 Å². The van der Waals surface area contributed by atoms with Gasteiger partial charge in [0.1, 0.15) is 5.75 Å². The summed E-state index contributed by atoms with van der Waals surface area (Å²) in [7, 11) is 1.73. The summed E-state index contributed by atoms with van der Waals surface area (Å²) in [4.78, 5) is 2.46. The molecule has 3 heteroatoms. The average Bonchev–Trinajstić information content (AvgIpc) is 2.77. The number of methoxy groups -OCH3 is 1. The Balaban J connectivity index is 1.99. The van der Waals surface area contributed by atoms with Gasteiger partial charge < -0.3 is 15.4 Å². The van der Waals surface area contributed by atoms with Gasteiger partial charge in [0.15, 0.2) is 0 Å². The SMILES string of the molecule is COc1ccc(CCN2CCC(N)C2)c(C)c1C. The molecule has 1 aromatic rings. The van der Waals surface area contributed by atoms with Crippen LogP contribution >= 0.6 is 0 Å². The van der Waals surface area contributed by atoms with Crippen molar-refractivity contribution < 1.29 is 4.74 Å². The standard InChI is InChI=1S/C15H24N2O/c1-11-12(2)15(18-3)5-4-13(11)6-8-17-9-7-14(16)10-17/h4-5,14H,6-10,16H2,1-3H3. The topological polar surface area (TPSA) is 38.5 Å². The average molecular weight is 248 g/mol. The van der Waals surface area contributed by atoms with Gasteiger partial charge in [-0.05, 0) is 56.0 Å². The first-order chi connectivity index (χ1) is 8.61. The van der Waals surface area contributed by atoms with E-state index in [4.69, 9.17) is 10.5 Å². The van der Waals surface area contributed by atoms with Crippen LogP contribution < -0.4 is 10.5 Å². The van der Waals surface area contributed by atoms with E-state index in [0.29, 0.717) is 6.04 Å². The highest BCUT2D eigenvalue weighted by Gasteiger charge is 2.18. The number of nitrogens with zero attached hydrogens (tertiary/aromatic N) is 1. The zero-order valence-electron chi connectivity index (χ0n) is 11.7. The first-order valence-corrected chi connectivity index (χ1v) is 6.73. The quantitative estimate of drug-likeness (QED) is 0.884. The second-order valence-electron chi connectivity index (χ2n) is 5.28. The summed E-state index contributed by atoms with van der Waals surface area (Å²) >= 11 is 0. The van der Waals surface area contributed by atoms with E-state index in [1.807, 2.05) is 0 Å². The minimum absolute atomic E-state index is 0.378. The van der Waals surface area contributed by atoms with Gasteiger partial charge in [-0.1, -0.05) is 6.07 Å². The molecule has 0 spiro atoms. The third-order valence-corrected chi connectivity index (χ3v) is 4.08. The number of hydrogen-bond donors (Lipinski definition) is 1. The van der Waals surface area contributed by atoms with E-state index in [1.54, 1.807) is 7.11 Å². The van der Waals surface area contributed by atoms with E-state index in [0.717, 1.165) is 38.2 Å². The van der Waals surface area contributed by atoms with E-state index in [-0.39, 0.29) is 0 Å². The molecule has 0 saturated carbocycles. The zero-order valence-corrected chi connectivity index (χ0v) is 11.7. The Bertz CT molecular complexity index is 417. The van der Waals surface area contributed by atoms with Crippen molar-refractivity contribution in [2.75, 3.05) is 26.7 Å². The maximum atomic E-state index is 5.93. The molecule has 0 aromatic heterocycles. The van der Waals surface area contributed by atoms with Crippen LogP contribution in [0.2, 0.25) is 0 Å². The van der Waals surface area contributed by atoms with Crippen molar-refractivity contribution in [1.29, 1.82) is 0 Å². The van der Waals surface area contributed by atoms with Gasteiger partial charge in [-0.15, -0.1) is 0 Å². The summed E-state index contributed by atoms with van der Waals surface area (Å²) in [5, 5.41) is 0. The van der Waals surface area contributed by atoms with Gasteiger partial charge in [0.25, 0.3) is 0 Å². The minimum Gasteiger partial charge on any atom is -0.496 e. The minimum atomic E-state index is 0.378. The van der Waals surface area contributed by atoms with Gasteiger partial charge in [-0.25, -0.2) is 0 Å². The van der Waals surface area contributed by atoms with Crippen molar-refractivity contribution in [3.05, 3.63) is 28.8 Å². The van der Waals surface area contributed by atoms with Crippen LogP contribution in [0.15, 0.2) is 12.1 Å². The van der Waals surface area contributed by atoms with Crippen molar-refractivity contribution in [3.8, 4) is 5.75 Å². The first kappa shape index (κ1) is 13.4. The summed E-state index contributed by atoms with van der Waals surface area (Å²) in [5.74, 6) is 0.986. The molecule has 1 fully saturated rings. The molecule has 0 radical (unpaired) electrons. The fourth-order valence-electron chi connectivity index (χ4n) is 2.69. The number of benzene rings is 1. The molecule has 1 unspecified atom stereocenters. The Morgan fingerprint density at radius 3 is 2.72 bits per heavy atom. The van der Waals surface area contributed by atoms with Crippen molar-refractivity contribution >= 4 is 0 Å². The van der Waals surface area contributed by atoms with Crippen LogP contribution in [0.3, 0.4) is 0 Å². The highest BCUT2D eigenvalue weighted by atomic mass is 16.5. The molecule has 0 amide bonds. The highest BCUT2D eigenvalue weighted by Crippen LogP contribution is 2.24. The maximum absolute atomic E-state index is 5.93. The molecule has 1 aromatic carbocycles. The summed E-state index contributed by atoms with van der Waals surface area (Å²) < 4.78 is 5.35. The third-order valence-electron chi connectivity index (χ3n) is 4.08. The van der Waals surface area contributed by atoms with Gasteiger partial charge in [0.05, 0.1) is 7.11 Å². The molecule has 1 atom stereocenters. The normalized spacial score (nSPS) is 20.3. The molecule has 1 aliphatic heterocycles. The lowest BCUT2D eigenvalue weighted by molar-refractivity contribution is 0.338. The number of likely N-dealkylation sites (tertiary alicyclic amines) is 1. The molecule has 0 aliphatic carbocycles. The fourth-order valence-corrected chi connectivity index (χ4v) is 2.69. The van der Waals surface area contributed by atoms with Gasteiger partial charge in [-0.3, -0.25) is 0 Å². The number of ether oxygens (including phenoxy) is 1. The molecule has 3 nitrogen and oxygen atoms in total. The second-order valence-corrected chi connectivity index (χ2v) is 5.28.